The van der Waals surface area contributed by atoms with E-state index in [0.717, 1.165) is 11.3 Å². The highest BCUT2D eigenvalue weighted by Gasteiger charge is 2.12. The van der Waals surface area contributed by atoms with Crippen molar-refractivity contribution < 1.29 is 9.53 Å². The van der Waals surface area contributed by atoms with Crippen LogP contribution >= 0.6 is 23.2 Å². The van der Waals surface area contributed by atoms with Gasteiger partial charge in [-0.2, -0.15) is 0 Å². The zero-order valence-electron chi connectivity index (χ0n) is 10.8. The Kier molecular flexibility index (Phi) is 4.88. The van der Waals surface area contributed by atoms with Crippen molar-refractivity contribution in [3.63, 3.8) is 0 Å². The van der Waals surface area contributed by atoms with Crippen LogP contribution in [0.1, 0.15) is 15.9 Å². The Balaban J connectivity index is 2.02. The van der Waals surface area contributed by atoms with Crippen LogP contribution in [0, 0.1) is 0 Å². The lowest BCUT2D eigenvalue weighted by Gasteiger charge is -2.08. The van der Waals surface area contributed by atoms with E-state index >= 15 is 0 Å². The third kappa shape index (κ3) is 3.44. The predicted molar refractivity (Wildman–Crippen MR) is 80.6 cm³/mol. The second-order valence-corrected chi connectivity index (χ2v) is 4.92. The van der Waals surface area contributed by atoms with Crippen molar-refractivity contribution in [1.82, 2.24) is 5.32 Å². The van der Waals surface area contributed by atoms with E-state index < -0.39 is 0 Å². The van der Waals surface area contributed by atoms with Gasteiger partial charge in [-0.3, -0.25) is 4.79 Å². The summed E-state index contributed by atoms with van der Waals surface area (Å²) in [5, 5.41) is 3.43. The molecule has 0 fully saturated rings. The molecule has 0 radical (unpaired) electrons. The van der Waals surface area contributed by atoms with E-state index in [2.05, 4.69) is 5.32 Å². The fraction of sp³-hybridized carbons (Fsp3) is 0.133. The van der Waals surface area contributed by atoms with Crippen LogP contribution in [-0.2, 0) is 6.54 Å². The van der Waals surface area contributed by atoms with Gasteiger partial charge in [0.15, 0.2) is 0 Å². The quantitative estimate of drug-likeness (QED) is 0.929. The Hall–Kier alpha value is -1.71. The van der Waals surface area contributed by atoms with Crippen LogP contribution in [-0.4, -0.2) is 13.0 Å². The summed E-state index contributed by atoms with van der Waals surface area (Å²) in [5.74, 6) is 0.520. The molecular weight excluding hydrogens is 297 g/mol. The molecule has 20 heavy (non-hydrogen) atoms. The van der Waals surface area contributed by atoms with Gasteiger partial charge in [0.1, 0.15) is 5.75 Å². The van der Waals surface area contributed by atoms with Gasteiger partial charge in [0.2, 0.25) is 0 Å². The standard InChI is InChI=1S/C15H13Cl2NO2/c1-20-11-7-5-10(6-8-11)9-18-15(19)12-3-2-4-13(16)14(12)17/h2-8H,9H2,1H3,(H,18,19). The minimum atomic E-state index is -0.256. The monoisotopic (exact) mass is 309 g/mol. The third-order valence-electron chi connectivity index (χ3n) is 2.81. The summed E-state index contributed by atoms with van der Waals surface area (Å²) in [6.07, 6.45) is 0. The largest absolute Gasteiger partial charge is 0.497 e. The van der Waals surface area contributed by atoms with Gasteiger partial charge in [0.05, 0.1) is 22.7 Å². The minimum Gasteiger partial charge on any atom is -0.497 e. The number of benzene rings is 2. The minimum absolute atomic E-state index is 0.256. The topological polar surface area (TPSA) is 38.3 Å². The summed E-state index contributed by atoms with van der Waals surface area (Å²) in [6.45, 7) is 0.408. The lowest BCUT2D eigenvalue weighted by atomic mass is 10.2. The molecule has 0 bridgehead atoms. The number of nitrogens with one attached hydrogen (secondary N) is 1. The summed E-state index contributed by atoms with van der Waals surface area (Å²) in [4.78, 5) is 12.0. The molecule has 104 valence electrons. The summed E-state index contributed by atoms with van der Waals surface area (Å²) >= 11 is 11.9. The lowest BCUT2D eigenvalue weighted by molar-refractivity contribution is 0.0951. The zero-order chi connectivity index (χ0) is 14.5. The molecule has 2 aromatic rings. The highest BCUT2D eigenvalue weighted by Crippen LogP contribution is 2.25. The summed E-state index contributed by atoms with van der Waals surface area (Å²) in [5.41, 5.74) is 1.34. The molecule has 0 spiro atoms. The van der Waals surface area contributed by atoms with Crippen LogP contribution in [0.3, 0.4) is 0 Å². The highest BCUT2D eigenvalue weighted by atomic mass is 35.5. The SMILES string of the molecule is COc1ccc(CNC(=O)c2cccc(Cl)c2Cl)cc1. The molecule has 0 unspecified atom stereocenters. The summed E-state index contributed by atoms with van der Waals surface area (Å²) < 4.78 is 5.07. The molecule has 0 aliphatic carbocycles. The number of hydrogen-bond acceptors (Lipinski definition) is 2. The Morgan fingerprint density at radius 3 is 2.50 bits per heavy atom. The smallest absolute Gasteiger partial charge is 0.253 e. The fourth-order valence-corrected chi connectivity index (χ4v) is 2.09. The number of methoxy groups -OCH3 is 1. The van der Waals surface area contributed by atoms with Crippen LogP contribution in [0.4, 0.5) is 0 Å². The third-order valence-corrected chi connectivity index (χ3v) is 3.63. The van der Waals surface area contributed by atoms with E-state index in [1.54, 1.807) is 25.3 Å². The van der Waals surface area contributed by atoms with Crippen molar-refractivity contribution in [3.05, 3.63) is 63.6 Å². The van der Waals surface area contributed by atoms with Crippen LogP contribution in [0.2, 0.25) is 10.0 Å². The fourth-order valence-electron chi connectivity index (χ4n) is 1.70. The Bertz CT molecular complexity index is 612. The van der Waals surface area contributed by atoms with E-state index in [-0.39, 0.29) is 10.9 Å². The number of rotatable bonds is 4. The van der Waals surface area contributed by atoms with Gasteiger partial charge in [0.25, 0.3) is 5.91 Å². The van der Waals surface area contributed by atoms with Gasteiger partial charge in [-0.05, 0) is 29.8 Å². The second kappa shape index (κ2) is 6.64. The first kappa shape index (κ1) is 14.7. The second-order valence-electron chi connectivity index (χ2n) is 4.13. The molecular formula is C15H13Cl2NO2. The maximum atomic E-state index is 12.0. The van der Waals surface area contributed by atoms with Gasteiger partial charge < -0.3 is 10.1 Å². The van der Waals surface area contributed by atoms with Crippen molar-refractivity contribution in [2.45, 2.75) is 6.54 Å². The van der Waals surface area contributed by atoms with Crippen molar-refractivity contribution in [2.75, 3.05) is 7.11 Å². The normalized spacial score (nSPS) is 10.2. The van der Waals surface area contributed by atoms with E-state index in [9.17, 15) is 4.79 Å². The number of hydrogen-bond donors (Lipinski definition) is 1. The number of amides is 1. The van der Waals surface area contributed by atoms with Crippen LogP contribution in [0.5, 0.6) is 5.75 Å². The van der Waals surface area contributed by atoms with Crippen molar-refractivity contribution in [3.8, 4) is 5.75 Å². The van der Waals surface area contributed by atoms with E-state index in [4.69, 9.17) is 27.9 Å². The average Bonchev–Trinajstić information content (AvgIpc) is 2.48. The maximum absolute atomic E-state index is 12.0. The van der Waals surface area contributed by atoms with E-state index in [0.29, 0.717) is 17.1 Å². The lowest BCUT2D eigenvalue weighted by Crippen LogP contribution is -2.23. The predicted octanol–water partition coefficient (Wildman–Crippen LogP) is 3.93. The molecule has 2 rings (SSSR count). The Morgan fingerprint density at radius 1 is 1.15 bits per heavy atom. The molecule has 0 saturated heterocycles. The van der Waals surface area contributed by atoms with Gasteiger partial charge in [-0.1, -0.05) is 41.4 Å². The van der Waals surface area contributed by atoms with Gasteiger partial charge in [-0.15, -0.1) is 0 Å². The molecule has 0 aliphatic heterocycles. The average molecular weight is 310 g/mol. The van der Waals surface area contributed by atoms with E-state index in [1.165, 1.54) is 0 Å². The van der Waals surface area contributed by atoms with Crippen LogP contribution in [0.15, 0.2) is 42.5 Å². The molecule has 5 heteroatoms. The molecule has 0 heterocycles. The number of ether oxygens (including phenoxy) is 1. The molecule has 1 amide bonds. The Morgan fingerprint density at radius 2 is 1.85 bits per heavy atom. The van der Waals surface area contributed by atoms with Crippen molar-refractivity contribution >= 4 is 29.1 Å². The molecule has 0 aromatic heterocycles. The van der Waals surface area contributed by atoms with Crippen molar-refractivity contribution in [2.24, 2.45) is 0 Å². The van der Waals surface area contributed by atoms with Gasteiger partial charge in [-0.25, -0.2) is 0 Å². The molecule has 1 N–H and O–H groups in total. The Labute approximate surface area is 127 Å². The first-order chi connectivity index (χ1) is 9.61. The maximum Gasteiger partial charge on any atom is 0.253 e. The van der Waals surface area contributed by atoms with Gasteiger partial charge in [0, 0.05) is 6.54 Å². The molecule has 0 atom stereocenters. The van der Waals surface area contributed by atoms with E-state index in [1.807, 2.05) is 24.3 Å². The van der Waals surface area contributed by atoms with Crippen LogP contribution < -0.4 is 10.1 Å². The molecule has 3 nitrogen and oxygen atoms in total. The van der Waals surface area contributed by atoms with Crippen LogP contribution in [0.25, 0.3) is 0 Å². The van der Waals surface area contributed by atoms with Crippen molar-refractivity contribution in [1.29, 1.82) is 0 Å². The molecule has 2 aromatic carbocycles. The number of halogens is 2. The first-order valence-corrected chi connectivity index (χ1v) is 6.72. The molecule has 0 aliphatic rings. The molecule has 0 saturated carbocycles. The highest BCUT2D eigenvalue weighted by molar-refractivity contribution is 6.43. The summed E-state index contributed by atoms with van der Waals surface area (Å²) in [6, 6.07) is 12.4. The first-order valence-electron chi connectivity index (χ1n) is 5.97. The zero-order valence-corrected chi connectivity index (χ0v) is 12.3. The number of carbonyl (C=O) groups excluding carboxylic acids is 1. The summed E-state index contributed by atoms with van der Waals surface area (Å²) in [7, 11) is 1.61. The van der Waals surface area contributed by atoms with Gasteiger partial charge >= 0.3 is 0 Å². The number of carbonyl (C=O) groups is 1.